The fraction of sp³-hybridized carbons (Fsp3) is 0.441. The molecule has 38 heavy (non-hydrogen) atoms. The van der Waals surface area contributed by atoms with Gasteiger partial charge in [0.25, 0.3) is 0 Å². The van der Waals surface area contributed by atoms with Gasteiger partial charge in [-0.05, 0) is 73.0 Å². The van der Waals surface area contributed by atoms with Crippen molar-refractivity contribution in [3.8, 4) is 17.1 Å². The molecule has 0 radical (unpaired) electrons. The number of hydrogen-bond donors (Lipinski definition) is 0. The second kappa shape index (κ2) is 11.7. The molecule has 0 amide bonds. The number of aryl methyl sites for hydroxylation is 1. The van der Waals surface area contributed by atoms with Crippen molar-refractivity contribution in [1.29, 1.82) is 0 Å². The average Bonchev–Trinajstić information content (AvgIpc) is 3.55. The highest BCUT2D eigenvalue weighted by Gasteiger charge is 2.16. The number of fused-ring (bicyclic) bond motifs is 1. The molecule has 4 heteroatoms. The van der Waals surface area contributed by atoms with Crippen LogP contribution in [0.1, 0.15) is 70.1 Å². The minimum absolute atomic E-state index is 0.184. The standard InChI is InChI=1S/C34H43N3O/c1-5-6-21-37-32-25-30(38-23-22-36-19-7-8-20-36)17-18-31(32)35-33(37)28-13-9-26(10-14-28)24-27-11-15-29(16-12-27)34(2,3)4/h9-18,25H,5-8,19-24H2,1-4H3. The molecule has 2 heterocycles. The lowest BCUT2D eigenvalue weighted by Gasteiger charge is -2.19. The average molecular weight is 510 g/mol. The number of benzene rings is 3. The van der Waals surface area contributed by atoms with Gasteiger partial charge in [-0.3, -0.25) is 4.90 Å². The van der Waals surface area contributed by atoms with Gasteiger partial charge in [0.05, 0.1) is 11.0 Å². The highest BCUT2D eigenvalue weighted by molar-refractivity contribution is 5.82. The fourth-order valence-electron chi connectivity index (χ4n) is 5.38. The molecule has 0 N–H and O–H groups in total. The molecule has 4 nitrogen and oxygen atoms in total. The summed E-state index contributed by atoms with van der Waals surface area (Å²) < 4.78 is 8.55. The van der Waals surface area contributed by atoms with Gasteiger partial charge in [-0.1, -0.05) is 82.6 Å². The third kappa shape index (κ3) is 6.30. The molecule has 0 unspecified atom stereocenters. The lowest BCUT2D eigenvalue weighted by molar-refractivity contribution is 0.238. The van der Waals surface area contributed by atoms with E-state index in [1.165, 1.54) is 48.2 Å². The number of rotatable bonds is 10. The van der Waals surface area contributed by atoms with Crippen molar-refractivity contribution in [2.45, 2.75) is 71.8 Å². The molecule has 3 aromatic carbocycles. The third-order valence-electron chi connectivity index (χ3n) is 7.77. The Hall–Kier alpha value is -3.11. The maximum Gasteiger partial charge on any atom is 0.141 e. The van der Waals surface area contributed by atoms with E-state index < -0.39 is 0 Å². The summed E-state index contributed by atoms with van der Waals surface area (Å²) in [7, 11) is 0. The number of aromatic nitrogens is 2. The molecule has 0 bridgehead atoms. The molecule has 1 aromatic heterocycles. The minimum atomic E-state index is 0.184. The highest BCUT2D eigenvalue weighted by atomic mass is 16.5. The molecular weight excluding hydrogens is 466 g/mol. The summed E-state index contributed by atoms with van der Waals surface area (Å²) in [6, 6.07) is 24.4. The molecule has 1 aliphatic rings. The Kier molecular flexibility index (Phi) is 8.18. The van der Waals surface area contributed by atoms with Crippen LogP contribution in [0.3, 0.4) is 0 Å². The molecule has 200 valence electrons. The Morgan fingerprint density at radius 2 is 1.53 bits per heavy atom. The van der Waals surface area contributed by atoms with Gasteiger partial charge in [0.15, 0.2) is 0 Å². The first-order valence-corrected chi connectivity index (χ1v) is 14.4. The Morgan fingerprint density at radius 3 is 2.18 bits per heavy atom. The third-order valence-corrected chi connectivity index (χ3v) is 7.77. The van der Waals surface area contributed by atoms with Gasteiger partial charge in [-0.25, -0.2) is 4.98 Å². The van der Waals surface area contributed by atoms with E-state index in [4.69, 9.17) is 9.72 Å². The lowest BCUT2D eigenvalue weighted by atomic mass is 9.86. The van der Waals surface area contributed by atoms with Crippen LogP contribution in [0.5, 0.6) is 5.75 Å². The van der Waals surface area contributed by atoms with Crippen molar-refractivity contribution in [2.75, 3.05) is 26.2 Å². The lowest BCUT2D eigenvalue weighted by Crippen LogP contribution is -2.25. The van der Waals surface area contributed by atoms with E-state index in [0.717, 1.165) is 61.6 Å². The van der Waals surface area contributed by atoms with Gasteiger partial charge in [0.1, 0.15) is 18.2 Å². The Balaban J connectivity index is 1.33. The Labute approximate surface area is 228 Å². The normalized spacial score (nSPS) is 14.4. The van der Waals surface area contributed by atoms with Crippen molar-refractivity contribution in [3.63, 3.8) is 0 Å². The Morgan fingerprint density at radius 1 is 0.842 bits per heavy atom. The fourth-order valence-corrected chi connectivity index (χ4v) is 5.38. The summed E-state index contributed by atoms with van der Waals surface area (Å²) in [6.07, 6.45) is 5.85. The quantitative estimate of drug-likeness (QED) is 0.218. The molecule has 0 spiro atoms. The zero-order valence-electron chi connectivity index (χ0n) is 23.7. The highest BCUT2D eigenvalue weighted by Crippen LogP contribution is 2.29. The van der Waals surface area contributed by atoms with Gasteiger partial charge >= 0.3 is 0 Å². The number of hydrogen-bond acceptors (Lipinski definition) is 3. The zero-order valence-corrected chi connectivity index (χ0v) is 23.7. The topological polar surface area (TPSA) is 30.3 Å². The van der Waals surface area contributed by atoms with E-state index in [0.29, 0.717) is 0 Å². The van der Waals surface area contributed by atoms with E-state index >= 15 is 0 Å². The van der Waals surface area contributed by atoms with Crippen molar-refractivity contribution >= 4 is 11.0 Å². The van der Waals surface area contributed by atoms with E-state index in [1.54, 1.807) is 0 Å². The number of imidazole rings is 1. The summed E-state index contributed by atoms with van der Waals surface area (Å²) in [6.45, 7) is 14.1. The molecule has 5 rings (SSSR count). The summed E-state index contributed by atoms with van der Waals surface area (Å²) in [5.41, 5.74) is 7.59. The maximum absolute atomic E-state index is 6.17. The van der Waals surface area contributed by atoms with Gasteiger partial charge < -0.3 is 9.30 Å². The molecule has 4 aromatic rings. The number of unbranched alkanes of at least 4 members (excludes halogenated alkanes) is 1. The van der Waals surface area contributed by atoms with Gasteiger partial charge in [-0.15, -0.1) is 0 Å². The van der Waals surface area contributed by atoms with Gasteiger partial charge in [-0.2, -0.15) is 0 Å². The molecule has 0 atom stereocenters. The minimum Gasteiger partial charge on any atom is -0.492 e. The van der Waals surface area contributed by atoms with E-state index in [2.05, 4.69) is 104 Å². The van der Waals surface area contributed by atoms with Crippen LogP contribution in [0.25, 0.3) is 22.4 Å². The first-order valence-electron chi connectivity index (χ1n) is 14.4. The SMILES string of the molecule is CCCCn1c(-c2ccc(Cc3ccc(C(C)(C)C)cc3)cc2)nc2ccc(OCCN3CCCC3)cc21. The second-order valence-corrected chi connectivity index (χ2v) is 11.8. The van der Waals surface area contributed by atoms with Crippen LogP contribution < -0.4 is 4.74 Å². The van der Waals surface area contributed by atoms with Gasteiger partial charge in [0, 0.05) is 24.7 Å². The van der Waals surface area contributed by atoms with Crippen molar-refractivity contribution < 1.29 is 4.74 Å². The summed E-state index contributed by atoms with van der Waals surface area (Å²) >= 11 is 0. The summed E-state index contributed by atoms with van der Waals surface area (Å²) in [5.74, 6) is 1.98. The van der Waals surface area contributed by atoms with Gasteiger partial charge in [0.2, 0.25) is 0 Å². The number of likely N-dealkylation sites (tertiary alicyclic amines) is 1. The smallest absolute Gasteiger partial charge is 0.141 e. The summed E-state index contributed by atoms with van der Waals surface area (Å²) in [5, 5.41) is 0. The van der Waals surface area contributed by atoms with Crippen LogP contribution in [0.4, 0.5) is 0 Å². The zero-order chi connectivity index (χ0) is 26.5. The monoisotopic (exact) mass is 509 g/mol. The molecule has 1 saturated heterocycles. The van der Waals surface area contributed by atoms with Crippen molar-refractivity contribution in [3.05, 3.63) is 83.4 Å². The number of ether oxygens (including phenoxy) is 1. The number of nitrogens with zero attached hydrogens (tertiary/aromatic N) is 3. The van der Waals surface area contributed by atoms with Crippen LogP contribution in [-0.4, -0.2) is 40.7 Å². The first kappa shape index (κ1) is 26.5. The molecular formula is C34H43N3O. The first-order chi connectivity index (χ1) is 18.4. The van der Waals surface area contributed by atoms with Crippen LogP contribution in [0, 0.1) is 0 Å². The molecule has 0 aliphatic carbocycles. The van der Waals surface area contributed by atoms with E-state index in [-0.39, 0.29) is 5.41 Å². The molecule has 0 saturated carbocycles. The molecule has 1 aliphatic heterocycles. The maximum atomic E-state index is 6.17. The van der Waals surface area contributed by atoms with E-state index in [9.17, 15) is 0 Å². The van der Waals surface area contributed by atoms with E-state index in [1.807, 2.05) is 0 Å². The second-order valence-electron chi connectivity index (χ2n) is 11.8. The Bertz CT molecular complexity index is 1320. The predicted molar refractivity (Wildman–Crippen MR) is 159 cm³/mol. The van der Waals surface area contributed by atoms with Crippen LogP contribution in [0.15, 0.2) is 66.7 Å². The largest absolute Gasteiger partial charge is 0.492 e. The molecule has 1 fully saturated rings. The predicted octanol–water partition coefficient (Wildman–Crippen LogP) is 7.87. The van der Waals surface area contributed by atoms with Crippen LogP contribution in [-0.2, 0) is 18.4 Å². The van der Waals surface area contributed by atoms with Crippen molar-refractivity contribution in [2.24, 2.45) is 0 Å². The van der Waals surface area contributed by atoms with Crippen LogP contribution >= 0.6 is 0 Å². The van der Waals surface area contributed by atoms with Crippen molar-refractivity contribution in [1.82, 2.24) is 14.5 Å². The summed E-state index contributed by atoms with van der Waals surface area (Å²) in [4.78, 5) is 7.56. The van der Waals surface area contributed by atoms with Crippen LogP contribution in [0.2, 0.25) is 0 Å².